The van der Waals surface area contributed by atoms with Crippen LogP contribution in [0.2, 0.25) is 0 Å². The fraction of sp³-hybridized carbons (Fsp3) is 0.864. The van der Waals surface area contributed by atoms with Crippen LogP contribution in [0, 0.1) is 0 Å². The van der Waals surface area contributed by atoms with Crippen LogP contribution in [0.15, 0.2) is 24.3 Å². The van der Waals surface area contributed by atoms with Crippen LogP contribution in [-0.2, 0) is 4.74 Å². The third kappa shape index (κ3) is 21.6. The fourth-order valence-corrected chi connectivity index (χ4v) is 7.18. The Morgan fingerprint density at radius 2 is 0.653 bits per heavy atom. The highest BCUT2D eigenvalue weighted by Gasteiger charge is 2.32. The molecule has 0 aliphatic carbocycles. The van der Waals surface area contributed by atoms with Crippen LogP contribution in [0.1, 0.15) is 207 Å². The van der Waals surface area contributed by atoms with Crippen LogP contribution in [0.25, 0.3) is 0 Å². The lowest BCUT2D eigenvalue weighted by molar-refractivity contribution is -0.275. The summed E-state index contributed by atoms with van der Waals surface area (Å²) in [6, 6.07) is 8.07. The van der Waals surface area contributed by atoms with Gasteiger partial charge < -0.3 is 9.47 Å². The van der Waals surface area contributed by atoms with Gasteiger partial charge in [-0.05, 0) is 25.0 Å². The molecule has 0 radical (unpaired) electrons. The van der Waals surface area contributed by atoms with Gasteiger partial charge in [0.25, 0.3) is 12.8 Å². The van der Waals surface area contributed by atoms with Gasteiger partial charge in [-0.3, -0.25) is 4.74 Å². The molecule has 0 saturated carbocycles. The van der Waals surface area contributed by atoms with E-state index in [1.807, 2.05) is 24.3 Å². The van der Waals surface area contributed by atoms with Gasteiger partial charge >= 0.3 is 0 Å². The molecule has 0 N–H and O–H groups in total. The molecule has 0 amide bonds. The minimum atomic E-state index is -0.439. The van der Waals surface area contributed by atoms with Crippen molar-refractivity contribution < 1.29 is 14.2 Å². The highest BCUT2D eigenvalue weighted by molar-refractivity contribution is 5.39. The van der Waals surface area contributed by atoms with E-state index in [1.165, 1.54) is 180 Å². The van der Waals surface area contributed by atoms with E-state index in [4.69, 9.17) is 14.2 Å². The van der Waals surface area contributed by atoms with Gasteiger partial charge in [0.1, 0.15) is 0 Å². The molecule has 286 valence electrons. The second-order valence-corrected chi connectivity index (χ2v) is 14.9. The number of nitrogens with zero attached hydrogens (tertiary/aromatic N) is 2. The quantitative estimate of drug-likeness (QED) is 0.0674. The summed E-state index contributed by atoms with van der Waals surface area (Å²) < 4.78 is 19.6. The molecule has 0 fully saturated rings. The van der Waals surface area contributed by atoms with Crippen LogP contribution in [-0.4, -0.2) is 48.8 Å². The van der Waals surface area contributed by atoms with E-state index in [9.17, 15) is 0 Å². The van der Waals surface area contributed by atoms with Crippen LogP contribution in [0.5, 0.6) is 11.5 Å². The lowest BCUT2D eigenvalue weighted by atomic mass is 10.0. The molecule has 0 saturated heterocycles. The van der Waals surface area contributed by atoms with E-state index < -0.39 is 12.8 Å². The second-order valence-electron chi connectivity index (χ2n) is 14.9. The first-order valence-electron chi connectivity index (χ1n) is 21.8. The molecule has 1 heterocycles. The minimum Gasteiger partial charge on any atom is -0.447 e. The monoisotopic (exact) mass is 687 g/mol. The number of rotatable bonds is 34. The first-order chi connectivity index (χ1) is 24.2. The van der Waals surface area contributed by atoms with Gasteiger partial charge in [0.15, 0.2) is 11.5 Å². The van der Waals surface area contributed by atoms with Crippen molar-refractivity contribution in [2.75, 3.05) is 26.2 Å². The van der Waals surface area contributed by atoms with E-state index in [2.05, 4.69) is 37.5 Å². The van der Waals surface area contributed by atoms with E-state index in [0.717, 1.165) is 37.7 Å². The summed E-state index contributed by atoms with van der Waals surface area (Å²) in [6.07, 6.45) is 37.8. The summed E-state index contributed by atoms with van der Waals surface area (Å²) in [5.74, 6) is 1.56. The van der Waals surface area contributed by atoms with Crippen molar-refractivity contribution in [2.24, 2.45) is 0 Å². The van der Waals surface area contributed by atoms with Crippen molar-refractivity contribution in [1.29, 1.82) is 0 Å². The van der Waals surface area contributed by atoms with Gasteiger partial charge in [-0.15, -0.1) is 0 Å². The average molecular weight is 687 g/mol. The molecular formula is C44H82N2O3. The zero-order valence-electron chi connectivity index (χ0n) is 33.2. The molecule has 1 aromatic rings. The number of unbranched alkanes of at least 4 members (excludes halogenated alkanes) is 26. The molecular weight excluding hydrogens is 604 g/mol. The number of fused-ring (bicyclic) bond motifs is 1. The molecule has 2 rings (SSSR count). The van der Waals surface area contributed by atoms with Crippen molar-refractivity contribution in [3.8, 4) is 11.5 Å². The number of hydrogen-bond donors (Lipinski definition) is 0. The maximum atomic E-state index is 6.65. The Bertz CT molecular complexity index is 784. The lowest BCUT2D eigenvalue weighted by Crippen LogP contribution is -2.49. The predicted octanol–water partition coefficient (Wildman–Crippen LogP) is 13.6. The SMILES string of the molecule is CCCCCCCCCCCCCCCCN(CC)C1Oc2ccccc2OC(N(CC)CCCCCCCCCCCCCCCC)O1. The fourth-order valence-electron chi connectivity index (χ4n) is 7.18. The summed E-state index contributed by atoms with van der Waals surface area (Å²) in [6.45, 7) is 12.8. The Morgan fingerprint density at radius 3 is 0.918 bits per heavy atom. The third-order valence-corrected chi connectivity index (χ3v) is 10.5. The van der Waals surface area contributed by atoms with E-state index in [1.54, 1.807) is 0 Å². The second kappa shape index (κ2) is 31.4. The molecule has 5 nitrogen and oxygen atoms in total. The van der Waals surface area contributed by atoms with Crippen molar-refractivity contribution in [3.63, 3.8) is 0 Å². The van der Waals surface area contributed by atoms with Crippen LogP contribution in [0.3, 0.4) is 0 Å². The molecule has 0 aromatic heterocycles. The Balaban J connectivity index is 1.65. The number of para-hydroxylation sites is 2. The van der Waals surface area contributed by atoms with Crippen molar-refractivity contribution >= 4 is 0 Å². The molecule has 49 heavy (non-hydrogen) atoms. The van der Waals surface area contributed by atoms with Gasteiger partial charge in [-0.1, -0.05) is 207 Å². The molecule has 0 bridgehead atoms. The maximum Gasteiger partial charge on any atom is 0.266 e. The molecule has 0 spiro atoms. The van der Waals surface area contributed by atoms with Crippen LogP contribution >= 0.6 is 0 Å². The molecule has 5 heteroatoms. The number of benzene rings is 1. The molecule has 1 aliphatic rings. The van der Waals surface area contributed by atoms with Gasteiger partial charge in [0.05, 0.1) is 0 Å². The third-order valence-electron chi connectivity index (χ3n) is 10.5. The molecule has 2 atom stereocenters. The Kier molecular flexibility index (Phi) is 28.1. The number of ether oxygens (including phenoxy) is 3. The van der Waals surface area contributed by atoms with Gasteiger partial charge in [-0.25, -0.2) is 9.80 Å². The average Bonchev–Trinajstić information content (AvgIpc) is 3.31. The van der Waals surface area contributed by atoms with Crippen LogP contribution < -0.4 is 9.47 Å². The van der Waals surface area contributed by atoms with Crippen molar-refractivity contribution in [2.45, 2.75) is 220 Å². The summed E-state index contributed by atoms with van der Waals surface area (Å²) in [4.78, 5) is 4.69. The summed E-state index contributed by atoms with van der Waals surface area (Å²) in [5.41, 5.74) is 0. The largest absolute Gasteiger partial charge is 0.447 e. The minimum absolute atomic E-state index is 0.439. The van der Waals surface area contributed by atoms with Gasteiger partial charge in [0, 0.05) is 26.2 Å². The van der Waals surface area contributed by atoms with E-state index in [-0.39, 0.29) is 0 Å². The highest BCUT2D eigenvalue weighted by atomic mass is 16.8. The normalized spacial score (nSPS) is 16.1. The first-order valence-corrected chi connectivity index (χ1v) is 21.8. The Hall–Kier alpha value is -1.30. The predicted molar refractivity (Wildman–Crippen MR) is 211 cm³/mol. The zero-order valence-corrected chi connectivity index (χ0v) is 33.2. The standard InChI is InChI=1S/C44H82N2O3/c1-5-9-11-13-15-17-19-21-23-25-27-29-31-35-39-45(7-3)43-47-41-37-33-34-38-42(41)48-44(49-43)46(8-4)40-36-32-30-28-26-24-22-20-18-16-14-12-10-6-2/h33-34,37-38,43-44H,5-32,35-36,39-40H2,1-4H3. The molecule has 1 aliphatic heterocycles. The Morgan fingerprint density at radius 1 is 0.388 bits per heavy atom. The summed E-state index contributed by atoms with van der Waals surface area (Å²) in [5, 5.41) is 0. The number of hydrogen-bond acceptors (Lipinski definition) is 5. The summed E-state index contributed by atoms with van der Waals surface area (Å²) >= 11 is 0. The van der Waals surface area contributed by atoms with Crippen LogP contribution in [0.4, 0.5) is 0 Å². The Labute approximate surface area is 305 Å². The van der Waals surface area contributed by atoms with Crippen molar-refractivity contribution in [3.05, 3.63) is 24.3 Å². The summed E-state index contributed by atoms with van der Waals surface area (Å²) in [7, 11) is 0. The first kappa shape index (κ1) is 43.9. The topological polar surface area (TPSA) is 34.2 Å². The highest BCUT2D eigenvalue weighted by Crippen LogP contribution is 2.33. The van der Waals surface area contributed by atoms with Gasteiger partial charge in [0.2, 0.25) is 0 Å². The molecule has 1 aromatic carbocycles. The zero-order chi connectivity index (χ0) is 35.0. The van der Waals surface area contributed by atoms with E-state index in [0.29, 0.717) is 0 Å². The van der Waals surface area contributed by atoms with E-state index >= 15 is 0 Å². The lowest BCUT2D eigenvalue weighted by Gasteiger charge is -2.34. The van der Waals surface area contributed by atoms with Crippen molar-refractivity contribution in [1.82, 2.24) is 9.80 Å². The maximum absolute atomic E-state index is 6.65. The van der Waals surface area contributed by atoms with Gasteiger partial charge in [-0.2, -0.15) is 0 Å². The molecule has 2 unspecified atom stereocenters. The smallest absolute Gasteiger partial charge is 0.266 e.